The molecule has 8 aliphatic carbocycles. The van der Waals surface area contributed by atoms with Crippen molar-refractivity contribution in [1.29, 1.82) is 0 Å². The summed E-state index contributed by atoms with van der Waals surface area (Å²) in [7, 11) is 0. The molecule has 0 aromatic heterocycles. The second kappa shape index (κ2) is 26.4. The Kier molecular flexibility index (Phi) is 18.7. The summed E-state index contributed by atoms with van der Waals surface area (Å²) in [6, 6.07) is 82.8. The molecule has 8 saturated carbocycles. The van der Waals surface area contributed by atoms with E-state index in [-0.39, 0.29) is 29.6 Å². The molecule has 0 aliphatic heterocycles. The first-order valence-corrected chi connectivity index (χ1v) is 33.0. The molecule has 87 heavy (non-hydrogen) atoms. The van der Waals surface area contributed by atoms with Gasteiger partial charge in [0.05, 0.1) is 0 Å². The molecule has 0 radical (unpaired) electrons. The van der Waals surface area contributed by atoms with Crippen LogP contribution in [0.2, 0.25) is 10.0 Å². The molecular weight excluding hydrogens is 1180 g/mol. The van der Waals surface area contributed by atoms with Crippen LogP contribution in [0, 0.1) is 35.5 Å². The Balaban J connectivity index is 0.000000136. The largest absolute Gasteiger partial charge is 1.00 e. The fraction of sp³-hybridized carbons (Fsp3) is 0.300. The summed E-state index contributed by atoms with van der Waals surface area (Å²) < 4.78 is 1.09. The molecule has 0 saturated heterocycles. The molecule has 0 unspecified atom stereocenters. The Morgan fingerprint density at radius 1 is 0.391 bits per heavy atom. The van der Waals surface area contributed by atoms with Crippen molar-refractivity contribution < 1.29 is 34.7 Å². The summed E-state index contributed by atoms with van der Waals surface area (Å²) in [4.78, 5) is 2.40. The molecule has 0 amide bonds. The Hall–Kier alpha value is -5.66. The number of benzene rings is 10. The smallest absolute Gasteiger partial charge is 0.850 e. The molecule has 18 rings (SSSR count). The Labute approximate surface area is 557 Å². The van der Waals surface area contributed by atoms with E-state index >= 15 is 0 Å². The maximum absolute atomic E-state index is 10.1. The summed E-state index contributed by atoms with van der Waals surface area (Å²) in [5.74, 6) is 5.87. The third kappa shape index (κ3) is 14.5. The fourth-order valence-electron chi connectivity index (χ4n) is 16.8. The summed E-state index contributed by atoms with van der Waals surface area (Å²) in [5, 5.41) is 20.0. The van der Waals surface area contributed by atoms with Crippen molar-refractivity contribution in [2.24, 2.45) is 35.5 Å². The second-order valence-corrected chi connectivity index (χ2v) is 29.0. The van der Waals surface area contributed by atoms with Crippen LogP contribution in [-0.4, -0.2) is 5.60 Å². The monoisotopic (exact) mass is 1250 g/mol. The zero-order valence-corrected chi connectivity index (χ0v) is 56.0. The van der Waals surface area contributed by atoms with E-state index in [9.17, 15) is 5.11 Å². The van der Waals surface area contributed by atoms with E-state index in [0.29, 0.717) is 10.8 Å². The average Bonchev–Trinajstić information content (AvgIpc) is 0.808. The minimum absolute atomic E-state index is 0. The molecule has 10 aromatic rings. The van der Waals surface area contributed by atoms with Gasteiger partial charge in [-0.3, -0.25) is 0 Å². The molecule has 8 fully saturated rings. The predicted octanol–water partition coefficient (Wildman–Crippen LogP) is 20.1. The van der Waals surface area contributed by atoms with E-state index in [4.69, 9.17) is 23.2 Å². The van der Waals surface area contributed by atoms with Gasteiger partial charge in [0.1, 0.15) is 0 Å². The van der Waals surface area contributed by atoms with Gasteiger partial charge in [0, 0.05) is 43.0 Å². The topological polar surface area (TPSA) is 38.3 Å². The molecule has 8 aliphatic rings. The average molecular weight is 1260 g/mol. The van der Waals surface area contributed by atoms with E-state index in [2.05, 4.69) is 214 Å². The van der Waals surface area contributed by atoms with Crippen molar-refractivity contribution in [1.82, 2.24) is 0 Å². The summed E-state index contributed by atoms with van der Waals surface area (Å²) in [6.07, 6.45) is 17.5. The number of rotatable bonds is 9. The van der Waals surface area contributed by atoms with Gasteiger partial charge in [0.2, 0.25) is 0 Å². The van der Waals surface area contributed by atoms with Gasteiger partial charge >= 0.3 is 29.6 Å². The van der Waals surface area contributed by atoms with Gasteiger partial charge in [-0.25, -0.2) is 0 Å². The van der Waals surface area contributed by atoms with Gasteiger partial charge in [0.15, 0.2) is 0 Å². The fourth-order valence-corrected chi connectivity index (χ4v) is 17.5. The first kappa shape index (κ1) is 61.6. The van der Waals surface area contributed by atoms with Gasteiger partial charge < -0.3 is 15.3 Å². The maximum atomic E-state index is 10.1. The van der Waals surface area contributed by atoms with Crippen LogP contribution in [0.5, 0.6) is 0 Å². The summed E-state index contributed by atoms with van der Waals surface area (Å²) >= 11 is 15.6. The number of hydrogen-bond acceptors (Lipinski definition) is 3. The SMILES string of the molecule is CC(C)(C)[O-].Clc1ccc2cc(Br)ccc2c1.Clc1ccc2cc(N(c3ccc(-c4ccccc4)cc3)c3ccc(C45CC6CC(CC(C6)C4)C5)cc3)ccc2c1.[Na+].c1ccc(-c2ccc(Nc3ccc(C45CC6CC(CC(C6)C4)C5)cc3)cc2)cc1. The molecule has 1 N–H and O–H groups in total. The first-order chi connectivity index (χ1) is 41.6. The van der Waals surface area contributed by atoms with Crippen molar-refractivity contribution in [2.45, 2.75) is 114 Å². The van der Waals surface area contributed by atoms with Gasteiger partial charge in [-0.1, -0.05) is 193 Å². The standard InChI is InChI=1S/C38H34ClN.C28H29N.C10H6BrCl.C4H9O.Na/c39-34-12-6-32-22-37(15-9-31(32)21-34)40(35-13-7-30(8-14-35)29-4-2-1-3-5-29)36-16-10-33(11-17-36)38-23-26-18-27(24-38)20-28(19-26)25-38;1-2-4-23(5-3-1)24-6-10-26(11-7-24)29-27-12-8-25(9-13-27)28-17-20-14-21(18-28)16-22(15-20)19-28;11-9-3-1-8-6-10(12)4-2-7(8)5-9;1-4(2,3)5;/h1-17,21-22,26-28H,18-20,23-25H2;1-13,20-22,29H,14-19H2;1-6H;1-3H3;/q;;;-1;+1. The number of fused-ring (bicyclic) bond motifs is 2. The van der Waals surface area contributed by atoms with Crippen LogP contribution in [0.1, 0.15) is 109 Å². The maximum Gasteiger partial charge on any atom is 1.00 e. The van der Waals surface area contributed by atoms with Gasteiger partial charge in [-0.2, -0.15) is 0 Å². The Bertz CT molecular complexity index is 3820. The van der Waals surface area contributed by atoms with Crippen LogP contribution < -0.4 is 44.9 Å². The second-order valence-electron chi connectivity index (χ2n) is 27.3. The molecule has 436 valence electrons. The minimum atomic E-state index is -0.750. The number of halogens is 3. The van der Waals surface area contributed by atoms with E-state index in [0.717, 1.165) is 72.5 Å². The zero-order valence-electron chi connectivity index (χ0n) is 50.9. The van der Waals surface area contributed by atoms with Crippen molar-refractivity contribution in [3.63, 3.8) is 0 Å². The Morgan fingerprint density at radius 2 is 0.701 bits per heavy atom. The summed E-state index contributed by atoms with van der Waals surface area (Å²) in [6.45, 7) is 4.90. The zero-order chi connectivity index (χ0) is 59.0. The Morgan fingerprint density at radius 3 is 1.13 bits per heavy atom. The molecule has 3 nitrogen and oxygen atoms in total. The molecule has 10 aromatic carbocycles. The van der Waals surface area contributed by atoms with Crippen molar-refractivity contribution in [3.8, 4) is 22.3 Å². The normalized spacial score (nSPS) is 23.5. The number of nitrogens with zero attached hydrogens (tertiary/aromatic N) is 1. The first-order valence-electron chi connectivity index (χ1n) is 31.5. The van der Waals surface area contributed by atoms with Crippen LogP contribution in [0.4, 0.5) is 28.4 Å². The number of nitrogens with one attached hydrogen (secondary N) is 1. The van der Waals surface area contributed by atoms with E-state index in [1.54, 1.807) is 31.9 Å². The molecule has 8 bridgehead atoms. The molecule has 0 atom stereocenters. The van der Waals surface area contributed by atoms with Crippen molar-refractivity contribution in [2.75, 3.05) is 10.2 Å². The molecular formula is C80H78BrCl2N2NaO. The quantitative estimate of drug-likeness (QED) is 0.146. The molecule has 0 spiro atoms. The van der Waals surface area contributed by atoms with Crippen LogP contribution >= 0.6 is 39.1 Å². The molecule has 0 heterocycles. The van der Waals surface area contributed by atoms with Crippen molar-refractivity contribution in [3.05, 3.63) is 256 Å². The number of anilines is 5. The van der Waals surface area contributed by atoms with Gasteiger partial charge in [-0.05, 0) is 275 Å². The van der Waals surface area contributed by atoms with E-state index in [1.807, 2.05) is 42.5 Å². The minimum Gasteiger partial charge on any atom is -0.850 e. The molecule has 7 heteroatoms. The van der Waals surface area contributed by atoms with Crippen LogP contribution in [-0.2, 0) is 10.8 Å². The summed E-state index contributed by atoms with van der Waals surface area (Å²) in [5.41, 5.74) is 14.2. The van der Waals surface area contributed by atoms with Gasteiger partial charge in [-0.15, -0.1) is 5.60 Å². The van der Waals surface area contributed by atoms with E-state index < -0.39 is 5.60 Å². The van der Waals surface area contributed by atoms with Crippen molar-refractivity contribution >= 4 is 89.1 Å². The third-order valence-electron chi connectivity index (χ3n) is 19.6. The van der Waals surface area contributed by atoms with Crippen LogP contribution in [0.15, 0.2) is 235 Å². The number of hydrogen-bond donors (Lipinski definition) is 1. The van der Waals surface area contributed by atoms with Gasteiger partial charge in [0.25, 0.3) is 0 Å². The van der Waals surface area contributed by atoms with Crippen LogP contribution in [0.3, 0.4) is 0 Å². The van der Waals surface area contributed by atoms with Crippen LogP contribution in [0.25, 0.3) is 43.8 Å². The van der Waals surface area contributed by atoms with E-state index in [1.165, 1.54) is 127 Å². The third-order valence-corrected chi connectivity index (χ3v) is 20.6. The predicted molar refractivity (Wildman–Crippen MR) is 367 cm³/mol.